The van der Waals surface area contributed by atoms with Gasteiger partial charge in [0.05, 0.1) is 5.60 Å². The largest absolute Gasteiger partial charge is 0.385 e. The maximum atomic E-state index is 10.4. The number of halogens is 1. The molecule has 1 aliphatic carbocycles. The summed E-state index contributed by atoms with van der Waals surface area (Å²) >= 11 is 3.54. The van der Waals surface area contributed by atoms with Crippen LogP contribution in [0.2, 0.25) is 0 Å². The van der Waals surface area contributed by atoms with Gasteiger partial charge in [-0.15, -0.1) is 0 Å². The molecule has 1 N–H and O–H groups in total. The van der Waals surface area contributed by atoms with Gasteiger partial charge in [0, 0.05) is 4.47 Å². The molecule has 0 bridgehead atoms. The van der Waals surface area contributed by atoms with Gasteiger partial charge in [-0.25, -0.2) is 0 Å². The SMILES string of the molecule is CC(C)(C)c1cc(Br)cc(C2(O)CCC2)c1. The summed E-state index contributed by atoms with van der Waals surface area (Å²) < 4.78 is 1.07. The topological polar surface area (TPSA) is 20.2 Å². The van der Waals surface area contributed by atoms with E-state index in [4.69, 9.17) is 0 Å². The number of hydrogen-bond donors (Lipinski definition) is 1. The fraction of sp³-hybridized carbons (Fsp3) is 0.571. The second-order valence-electron chi connectivity index (χ2n) is 5.86. The Morgan fingerprint density at radius 3 is 2.25 bits per heavy atom. The van der Waals surface area contributed by atoms with Crippen molar-refractivity contribution in [1.29, 1.82) is 0 Å². The highest BCUT2D eigenvalue weighted by Crippen LogP contribution is 2.43. The Balaban J connectivity index is 2.44. The van der Waals surface area contributed by atoms with E-state index in [1.165, 1.54) is 5.56 Å². The predicted molar refractivity (Wildman–Crippen MR) is 70.6 cm³/mol. The Kier molecular flexibility index (Phi) is 2.92. The number of benzene rings is 1. The molecule has 1 aromatic rings. The Bertz CT molecular complexity index is 400. The molecule has 1 nitrogen and oxygen atoms in total. The first kappa shape index (κ1) is 12.1. The lowest BCUT2D eigenvalue weighted by atomic mass is 9.73. The summed E-state index contributed by atoms with van der Waals surface area (Å²) in [5.41, 5.74) is 1.90. The lowest BCUT2D eigenvalue weighted by Crippen LogP contribution is -2.34. The Labute approximate surface area is 106 Å². The van der Waals surface area contributed by atoms with Crippen LogP contribution in [-0.2, 0) is 11.0 Å². The highest BCUT2D eigenvalue weighted by molar-refractivity contribution is 9.10. The van der Waals surface area contributed by atoms with Gasteiger partial charge in [0.1, 0.15) is 0 Å². The molecule has 0 amide bonds. The van der Waals surface area contributed by atoms with E-state index in [1.807, 2.05) is 0 Å². The Morgan fingerprint density at radius 2 is 1.81 bits per heavy atom. The quantitative estimate of drug-likeness (QED) is 0.822. The minimum atomic E-state index is -0.566. The second-order valence-corrected chi connectivity index (χ2v) is 6.78. The van der Waals surface area contributed by atoms with Gasteiger partial charge in [-0.3, -0.25) is 0 Å². The first-order chi connectivity index (χ1) is 7.31. The van der Waals surface area contributed by atoms with Gasteiger partial charge >= 0.3 is 0 Å². The average molecular weight is 283 g/mol. The van der Waals surface area contributed by atoms with E-state index in [9.17, 15) is 5.11 Å². The van der Waals surface area contributed by atoms with Gasteiger partial charge in [-0.2, -0.15) is 0 Å². The molecule has 1 aromatic carbocycles. The normalized spacial score (nSPS) is 19.3. The molecule has 0 aromatic heterocycles. The number of rotatable bonds is 1. The first-order valence-electron chi connectivity index (χ1n) is 5.85. The van der Waals surface area contributed by atoms with Crippen LogP contribution in [0.4, 0.5) is 0 Å². The summed E-state index contributed by atoms with van der Waals surface area (Å²) in [4.78, 5) is 0. The van der Waals surface area contributed by atoms with E-state index in [1.54, 1.807) is 0 Å². The molecule has 0 unspecified atom stereocenters. The summed E-state index contributed by atoms with van der Waals surface area (Å²) in [6, 6.07) is 6.35. The minimum Gasteiger partial charge on any atom is -0.385 e. The molecular formula is C14H19BrO. The van der Waals surface area contributed by atoms with Crippen molar-refractivity contribution in [3.63, 3.8) is 0 Å². The molecule has 2 rings (SSSR count). The fourth-order valence-electron chi connectivity index (χ4n) is 2.09. The molecule has 88 valence electrons. The molecule has 0 radical (unpaired) electrons. The van der Waals surface area contributed by atoms with Crippen LogP contribution in [-0.4, -0.2) is 5.11 Å². The van der Waals surface area contributed by atoms with Gasteiger partial charge in [0.2, 0.25) is 0 Å². The number of hydrogen-bond acceptors (Lipinski definition) is 1. The van der Waals surface area contributed by atoms with Gasteiger partial charge in [0.25, 0.3) is 0 Å². The zero-order valence-electron chi connectivity index (χ0n) is 10.2. The molecule has 1 aliphatic rings. The van der Waals surface area contributed by atoms with E-state index in [-0.39, 0.29) is 5.41 Å². The number of aliphatic hydroxyl groups is 1. The molecule has 0 atom stereocenters. The first-order valence-corrected chi connectivity index (χ1v) is 6.64. The van der Waals surface area contributed by atoms with Crippen molar-refractivity contribution in [3.05, 3.63) is 33.8 Å². The fourth-order valence-corrected chi connectivity index (χ4v) is 2.58. The summed E-state index contributed by atoms with van der Waals surface area (Å²) in [6.07, 6.45) is 2.92. The summed E-state index contributed by atoms with van der Waals surface area (Å²) in [5, 5.41) is 10.4. The summed E-state index contributed by atoms with van der Waals surface area (Å²) in [6.45, 7) is 6.59. The molecular weight excluding hydrogens is 264 g/mol. The van der Waals surface area contributed by atoms with Gasteiger partial charge in [0.15, 0.2) is 0 Å². The van der Waals surface area contributed by atoms with Gasteiger partial charge < -0.3 is 5.11 Å². The van der Waals surface area contributed by atoms with Crippen LogP contribution in [0.25, 0.3) is 0 Å². The maximum absolute atomic E-state index is 10.4. The molecule has 0 saturated heterocycles. The van der Waals surface area contributed by atoms with Crippen molar-refractivity contribution < 1.29 is 5.11 Å². The highest BCUT2D eigenvalue weighted by atomic mass is 79.9. The molecule has 16 heavy (non-hydrogen) atoms. The van der Waals surface area contributed by atoms with E-state index in [0.29, 0.717) is 0 Å². The smallest absolute Gasteiger partial charge is 0.0897 e. The summed E-state index contributed by atoms with van der Waals surface area (Å²) in [5.74, 6) is 0. The van der Waals surface area contributed by atoms with Crippen LogP contribution in [0.15, 0.2) is 22.7 Å². The molecule has 0 heterocycles. The van der Waals surface area contributed by atoms with E-state index in [0.717, 1.165) is 29.3 Å². The van der Waals surface area contributed by atoms with E-state index < -0.39 is 5.60 Å². The third kappa shape index (κ3) is 2.18. The van der Waals surface area contributed by atoms with Crippen LogP contribution >= 0.6 is 15.9 Å². The Morgan fingerprint density at radius 1 is 1.19 bits per heavy atom. The van der Waals surface area contributed by atoms with Crippen LogP contribution in [0.5, 0.6) is 0 Å². The molecule has 0 spiro atoms. The predicted octanol–water partition coefficient (Wildman–Crippen LogP) is 4.12. The van der Waals surface area contributed by atoms with Crippen LogP contribution < -0.4 is 0 Å². The van der Waals surface area contributed by atoms with E-state index in [2.05, 4.69) is 54.9 Å². The molecule has 2 heteroatoms. The average Bonchev–Trinajstić information content (AvgIpc) is 2.11. The zero-order chi connectivity index (χ0) is 12.0. The molecule has 1 fully saturated rings. The van der Waals surface area contributed by atoms with Crippen molar-refractivity contribution in [2.45, 2.75) is 51.0 Å². The second kappa shape index (κ2) is 3.85. The van der Waals surface area contributed by atoms with Crippen molar-refractivity contribution in [1.82, 2.24) is 0 Å². The van der Waals surface area contributed by atoms with Gasteiger partial charge in [-0.1, -0.05) is 42.8 Å². The molecule has 1 saturated carbocycles. The van der Waals surface area contributed by atoms with Crippen LogP contribution in [0.1, 0.15) is 51.2 Å². The zero-order valence-corrected chi connectivity index (χ0v) is 11.8. The molecule has 0 aliphatic heterocycles. The summed E-state index contributed by atoms with van der Waals surface area (Å²) in [7, 11) is 0. The maximum Gasteiger partial charge on any atom is 0.0897 e. The third-order valence-electron chi connectivity index (χ3n) is 3.48. The van der Waals surface area contributed by atoms with Crippen molar-refractivity contribution in [2.24, 2.45) is 0 Å². The van der Waals surface area contributed by atoms with Gasteiger partial charge in [-0.05, 0) is 47.9 Å². The van der Waals surface area contributed by atoms with Crippen molar-refractivity contribution >= 4 is 15.9 Å². The van der Waals surface area contributed by atoms with Crippen molar-refractivity contribution in [3.8, 4) is 0 Å². The van der Waals surface area contributed by atoms with Crippen molar-refractivity contribution in [2.75, 3.05) is 0 Å². The Hall–Kier alpha value is -0.340. The standard InChI is InChI=1S/C14H19BrO/c1-13(2,3)10-7-11(9-12(15)8-10)14(16)5-4-6-14/h7-9,16H,4-6H2,1-3H3. The minimum absolute atomic E-state index is 0.124. The van der Waals surface area contributed by atoms with Crippen LogP contribution in [0.3, 0.4) is 0 Å². The lowest BCUT2D eigenvalue weighted by molar-refractivity contribution is -0.0389. The van der Waals surface area contributed by atoms with E-state index >= 15 is 0 Å². The third-order valence-corrected chi connectivity index (χ3v) is 3.94. The van der Waals surface area contributed by atoms with Crippen LogP contribution in [0, 0.1) is 0 Å². The highest BCUT2D eigenvalue weighted by Gasteiger charge is 2.36. The monoisotopic (exact) mass is 282 g/mol. The lowest BCUT2D eigenvalue weighted by Gasteiger charge is -2.38.